The van der Waals surface area contributed by atoms with E-state index in [1.165, 1.54) is 22.1 Å². The van der Waals surface area contributed by atoms with Crippen molar-refractivity contribution in [3.05, 3.63) is 47.5 Å². The number of aryl methyl sites for hydroxylation is 2. The van der Waals surface area contributed by atoms with E-state index < -0.39 is 0 Å². The molecule has 2 nitrogen and oxygen atoms in total. The van der Waals surface area contributed by atoms with Crippen molar-refractivity contribution in [3.63, 3.8) is 0 Å². The molecule has 0 aliphatic heterocycles. The summed E-state index contributed by atoms with van der Waals surface area (Å²) < 4.78 is 0. The second-order valence-corrected chi connectivity index (χ2v) is 6.58. The molecule has 1 unspecified atom stereocenters. The molecule has 2 rings (SSSR count). The van der Waals surface area contributed by atoms with E-state index in [1.54, 1.807) is 6.07 Å². The zero-order valence-corrected chi connectivity index (χ0v) is 14.3. The Morgan fingerprint density at radius 2 is 1.76 bits per heavy atom. The second-order valence-electron chi connectivity index (χ2n) is 5.29. The summed E-state index contributed by atoms with van der Waals surface area (Å²) in [7, 11) is 0.477. The maximum atomic E-state index is 10.1. The van der Waals surface area contributed by atoms with E-state index in [1.807, 2.05) is 6.07 Å². The minimum absolute atomic E-state index is 0.396. The number of phenols is 1. The van der Waals surface area contributed by atoms with Gasteiger partial charge in [0.1, 0.15) is 5.75 Å². The van der Waals surface area contributed by atoms with Gasteiger partial charge in [-0.1, -0.05) is 32.3 Å². The van der Waals surface area contributed by atoms with Crippen LogP contribution in [0.1, 0.15) is 25.0 Å². The molecule has 0 aliphatic rings. The minimum atomic E-state index is 0.396. The van der Waals surface area contributed by atoms with Crippen molar-refractivity contribution in [1.82, 2.24) is 0 Å². The van der Waals surface area contributed by atoms with E-state index in [0.29, 0.717) is 14.3 Å². The van der Waals surface area contributed by atoms with Crippen LogP contribution in [0.3, 0.4) is 0 Å². The molecule has 21 heavy (non-hydrogen) atoms. The lowest BCUT2D eigenvalue weighted by Crippen LogP contribution is -2.27. The highest BCUT2D eigenvalue weighted by Crippen LogP contribution is 2.26. The first-order valence-corrected chi connectivity index (χ1v) is 8.48. The van der Waals surface area contributed by atoms with Gasteiger partial charge in [0.2, 0.25) is 0 Å². The molecule has 0 heterocycles. The summed E-state index contributed by atoms with van der Waals surface area (Å²) in [6.07, 6.45) is 0. The number of hydrogen-bond acceptors (Lipinski definition) is 2. The van der Waals surface area contributed by atoms with Crippen molar-refractivity contribution in [3.8, 4) is 5.75 Å². The highest BCUT2D eigenvalue weighted by molar-refractivity contribution is 7.56. The van der Waals surface area contributed by atoms with E-state index in [9.17, 15) is 5.11 Å². The molecule has 2 aromatic rings. The van der Waals surface area contributed by atoms with Gasteiger partial charge in [-0.15, -0.1) is 0 Å². The standard InChI is InChI=1S/C18H24NOP/c1-5-19(6-2)15-9-7-8-14(4)18(15)21-17-12-13(3)10-11-16(17)20/h7-12,20-21H,5-6H2,1-4H3. The molecule has 0 saturated carbocycles. The lowest BCUT2D eigenvalue weighted by Gasteiger charge is -2.25. The van der Waals surface area contributed by atoms with Crippen LogP contribution in [0.2, 0.25) is 0 Å². The molecule has 0 aromatic heterocycles. The Labute approximate surface area is 129 Å². The summed E-state index contributed by atoms with van der Waals surface area (Å²) in [6.45, 7) is 10.6. The van der Waals surface area contributed by atoms with E-state index >= 15 is 0 Å². The quantitative estimate of drug-likeness (QED) is 0.855. The van der Waals surface area contributed by atoms with Crippen molar-refractivity contribution in [1.29, 1.82) is 0 Å². The van der Waals surface area contributed by atoms with Crippen molar-refractivity contribution in [2.24, 2.45) is 0 Å². The summed E-state index contributed by atoms with van der Waals surface area (Å²) in [5.74, 6) is 0.396. The zero-order chi connectivity index (χ0) is 15.4. The fraction of sp³-hybridized carbons (Fsp3) is 0.333. The average molecular weight is 301 g/mol. The maximum absolute atomic E-state index is 10.1. The van der Waals surface area contributed by atoms with Gasteiger partial charge in [-0.2, -0.15) is 0 Å². The highest BCUT2D eigenvalue weighted by Gasteiger charge is 2.13. The van der Waals surface area contributed by atoms with Crippen LogP contribution in [0.4, 0.5) is 5.69 Å². The Morgan fingerprint density at radius 1 is 1.05 bits per heavy atom. The molecule has 112 valence electrons. The van der Waals surface area contributed by atoms with Gasteiger partial charge in [0.05, 0.1) is 0 Å². The summed E-state index contributed by atoms with van der Waals surface area (Å²) in [5.41, 5.74) is 3.77. The number of hydrogen-bond donors (Lipinski definition) is 1. The number of anilines is 1. The van der Waals surface area contributed by atoms with Gasteiger partial charge in [-0.3, -0.25) is 0 Å². The fourth-order valence-electron chi connectivity index (χ4n) is 2.53. The Balaban J connectivity index is 2.45. The smallest absolute Gasteiger partial charge is 0.123 e. The number of aromatic hydroxyl groups is 1. The van der Waals surface area contributed by atoms with Crippen LogP contribution in [-0.2, 0) is 0 Å². The van der Waals surface area contributed by atoms with Crippen molar-refractivity contribution in [2.45, 2.75) is 27.7 Å². The van der Waals surface area contributed by atoms with Crippen LogP contribution in [-0.4, -0.2) is 18.2 Å². The summed E-state index contributed by atoms with van der Waals surface area (Å²) in [4.78, 5) is 2.38. The van der Waals surface area contributed by atoms with Crippen LogP contribution < -0.4 is 15.5 Å². The zero-order valence-electron chi connectivity index (χ0n) is 13.3. The Morgan fingerprint density at radius 3 is 2.43 bits per heavy atom. The number of benzene rings is 2. The van der Waals surface area contributed by atoms with Gasteiger partial charge in [-0.25, -0.2) is 0 Å². The van der Waals surface area contributed by atoms with Crippen LogP contribution in [0.5, 0.6) is 5.75 Å². The van der Waals surface area contributed by atoms with E-state index in [2.05, 4.69) is 56.9 Å². The lowest BCUT2D eigenvalue weighted by atomic mass is 10.2. The van der Waals surface area contributed by atoms with Crippen molar-refractivity contribution < 1.29 is 5.11 Å². The molecule has 0 fully saturated rings. The Kier molecular flexibility index (Phi) is 5.25. The number of rotatable bonds is 5. The van der Waals surface area contributed by atoms with Crippen molar-refractivity contribution >= 4 is 24.9 Å². The van der Waals surface area contributed by atoms with Crippen LogP contribution in [0, 0.1) is 13.8 Å². The van der Waals surface area contributed by atoms with Gasteiger partial charge in [0, 0.05) is 29.4 Å². The second kappa shape index (κ2) is 6.95. The molecular formula is C18H24NOP. The van der Waals surface area contributed by atoms with Crippen LogP contribution in [0.25, 0.3) is 0 Å². The average Bonchev–Trinajstić information content (AvgIpc) is 2.47. The minimum Gasteiger partial charge on any atom is -0.507 e. The largest absolute Gasteiger partial charge is 0.507 e. The SMILES string of the molecule is CCN(CC)c1cccc(C)c1Pc1cc(C)ccc1O. The fourth-order valence-corrected chi connectivity index (χ4v) is 3.96. The summed E-state index contributed by atoms with van der Waals surface area (Å²) in [5, 5.41) is 12.5. The van der Waals surface area contributed by atoms with E-state index in [0.717, 1.165) is 18.4 Å². The molecular weight excluding hydrogens is 277 g/mol. The van der Waals surface area contributed by atoms with E-state index in [4.69, 9.17) is 0 Å². The molecule has 0 amide bonds. The molecule has 1 N–H and O–H groups in total. The number of nitrogens with zero attached hydrogens (tertiary/aromatic N) is 1. The molecule has 0 saturated heterocycles. The Bertz CT molecular complexity index is 621. The Hall–Kier alpha value is -1.53. The molecule has 0 spiro atoms. The molecule has 0 aliphatic carbocycles. The first-order valence-electron chi connectivity index (χ1n) is 7.48. The van der Waals surface area contributed by atoms with Gasteiger partial charge in [0.25, 0.3) is 0 Å². The van der Waals surface area contributed by atoms with Gasteiger partial charge in [-0.05, 0) is 51.5 Å². The molecule has 1 atom stereocenters. The highest BCUT2D eigenvalue weighted by atomic mass is 31.1. The third kappa shape index (κ3) is 3.57. The lowest BCUT2D eigenvalue weighted by molar-refractivity contribution is 0.479. The molecule has 0 bridgehead atoms. The van der Waals surface area contributed by atoms with Gasteiger partial charge >= 0.3 is 0 Å². The first-order chi connectivity index (χ1) is 10.1. The summed E-state index contributed by atoms with van der Waals surface area (Å²) >= 11 is 0. The van der Waals surface area contributed by atoms with Crippen LogP contribution in [0.15, 0.2) is 36.4 Å². The molecule has 3 heteroatoms. The normalized spacial score (nSPS) is 11.2. The third-order valence-corrected chi connectivity index (χ3v) is 5.34. The number of phenolic OH excluding ortho intramolecular Hbond substituents is 1. The molecule has 2 aromatic carbocycles. The monoisotopic (exact) mass is 301 g/mol. The van der Waals surface area contributed by atoms with Gasteiger partial charge in [0.15, 0.2) is 0 Å². The maximum Gasteiger partial charge on any atom is 0.123 e. The van der Waals surface area contributed by atoms with E-state index in [-0.39, 0.29) is 0 Å². The van der Waals surface area contributed by atoms with Crippen LogP contribution >= 0.6 is 8.58 Å². The predicted molar refractivity (Wildman–Crippen MR) is 95.2 cm³/mol. The van der Waals surface area contributed by atoms with Gasteiger partial charge < -0.3 is 10.0 Å². The first kappa shape index (κ1) is 15.9. The third-order valence-electron chi connectivity index (χ3n) is 3.77. The topological polar surface area (TPSA) is 23.5 Å². The summed E-state index contributed by atoms with van der Waals surface area (Å²) in [6, 6.07) is 12.3. The molecule has 0 radical (unpaired) electrons. The predicted octanol–water partition coefficient (Wildman–Crippen LogP) is 3.48. The van der Waals surface area contributed by atoms with Crippen molar-refractivity contribution in [2.75, 3.05) is 18.0 Å².